The zero-order valence-electron chi connectivity index (χ0n) is 13.3. The number of benzene rings is 1. The second-order valence-electron chi connectivity index (χ2n) is 4.76. The van der Waals surface area contributed by atoms with E-state index in [0.717, 1.165) is 5.56 Å². The standard InChI is InChI=1S/C17H18N2O4/c1-4-23-16-13(6-5-9-18-16)15(20)19-14-8-7-12(10-11(14)2)17(21)22-3/h5-10H,4H2,1-3H3,(H,19,20). The molecule has 0 atom stereocenters. The molecule has 120 valence electrons. The van der Waals surface area contributed by atoms with E-state index in [1.54, 1.807) is 43.5 Å². The average molecular weight is 314 g/mol. The second kappa shape index (κ2) is 7.40. The summed E-state index contributed by atoms with van der Waals surface area (Å²) in [5, 5.41) is 2.80. The van der Waals surface area contributed by atoms with Gasteiger partial charge in [-0.15, -0.1) is 0 Å². The number of esters is 1. The molecule has 1 heterocycles. The van der Waals surface area contributed by atoms with Crippen LogP contribution in [0.25, 0.3) is 0 Å². The van der Waals surface area contributed by atoms with Crippen molar-refractivity contribution in [3.05, 3.63) is 53.2 Å². The Balaban J connectivity index is 2.22. The van der Waals surface area contributed by atoms with Crippen LogP contribution in [0.5, 0.6) is 5.88 Å². The molecule has 0 bridgehead atoms. The fraction of sp³-hybridized carbons (Fsp3) is 0.235. The summed E-state index contributed by atoms with van der Waals surface area (Å²) < 4.78 is 10.0. The summed E-state index contributed by atoms with van der Waals surface area (Å²) in [6, 6.07) is 8.24. The number of nitrogens with one attached hydrogen (secondary N) is 1. The second-order valence-corrected chi connectivity index (χ2v) is 4.76. The number of hydrogen-bond acceptors (Lipinski definition) is 5. The van der Waals surface area contributed by atoms with Gasteiger partial charge in [0, 0.05) is 11.9 Å². The van der Waals surface area contributed by atoms with E-state index < -0.39 is 5.97 Å². The van der Waals surface area contributed by atoms with Crippen LogP contribution in [0.1, 0.15) is 33.2 Å². The number of amides is 1. The molecule has 23 heavy (non-hydrogen) atoms. The molecule has 1 aromatic heterocycles. The first-order chi connectivity index (χ1) is 11.1. The Morgan fingerprint density at radius 1 is 1.26 bits per heavy atom. The van der Waals surface area contributed by atoms with Crippen LogP contribution in [0.4, 0.5) is 5.69 Å². The SMILES string of the molecule is CCOc1ncccc1C(=O)Nc1ccc(C(=O)OC)cc1C. The number of pyridine rings is 1. The molecule has 6 heteroatoms. The number of aromatic nitrogens is 1. The van der Waals surface area contributed by atoms with E-state index in [-0.39, 0.29) is 11.8 Å². The summed E-state index contributed by atoms with van der Waals surface area (Å²) in [7, 11) is 1.32. The van der Waals surface area contributed by atoms with Gasteiger partial charge in [-0.1, -0.05) is 0 Å². The van der Waals surface area contributed by atoms with Crippen LogP contribution in [0.2, 0.25) is 0 Å². The third-order valence-electron chi connectivity index (χ3n) is 3.19. The monoisotopic (exact) mass is 314 g/mol. The lowest BCUT2D eigenvalue weighted by Crippen LogP contribution is -2.15. The van der Waals surface area contributed by atoms with Crippen molar-refractivity contribution in [3.63, 3.8) is 0 Å². The van der Waals surface area contributed by atoms with Gasteiger partial charge in [-0.25, -0.2) is 9.78 Å². The molecule has 0 radical (unpaired) electrons. The Morgan fingerprint density at radius 3 is 2.70 bits per heavy atom. The van der Waals surface area contributed by atoms with Crippen LogP contribution in [0.15, 0.2) is 36.5 Å². The minimum Gasteiger partial charge on any atom is -0.477 e. The van der Waals surface area contributed by atoms with Crippen molar-refractivity contribution in [2.75, 3.05) is 19.0 Å². The summed E-state index contributed by atoms with van der Waals surface area (Å²) in [6.07, 6.45) is 1.57. The van der Waals surface area contributed by atoms with Crippen LogP contribution >= 0.6 is 0 Å². The van der Waals surface area contributed by atoms with Crippen molar-refractivity contribution < 1.29 is 19.1 Å². The molecule has 1 amide bonds. The van der Waals surface area contributed by atoms with Gasteiger partial charge in [-0.2, -0.15) is 0 Å². The summed E-state index contributed by atoms with van der Waals surface area (Å²) in [5.41, 5.74) is 2.14. The van der Waals surface area contributed by atoms with E-state index in [2.05, 4.69) is 15.0 Å². The van der Waals surface area contributed by atoms with Crippen LogP contribution < -0.4 is 10.1 Å². The maximum atomic E-state index is 12.4. The van der Waals surface area contributed by atoms with E-state index in [1.807, 2.05) is 6.92 Å². The molecule has 2 aromatic rings. The lowest BCUT2D eigenvalue weighted by atomic mass is 10.1. The maximum absolute atomic E-state index is 12.4. The highest BCUT2D eigenvalue weighted by Gasteiger charge is 2.15. The Morgan fingerprint density at radius 2 is 2.04 bits per heavy atom. The topological polar surface area (TPSA) is 77.5 Å². The number of nitrogens with zero attached hydrogens (tertiary/aromatic N) is 1. The van der Waals surface area contributed by atoms with Gasteiger partial charge in [0.1, 0.15) is 5.56 Å². The molecule has 2 rings (SSSR count). The van der Waals surface area contributed by atoms with Crippen molar-refractivity contribution in [2.45, 2.75) is 13.8 Å². The van der Waals surface area contributed by atoms with E-state index in [4.69, 9.17) is 4.74 Å². The lowest BCUT2D eigenvalue weighted by Gasteiger charge is -2.11. The number of rotatable bonds is 5. The molecule has 0 aliphatic heterocycles. The number of aryl methyl sites for hydroxylation is 1. The predicted octanol–water partition coefficient (Wildman–Crippen LogP) is 2.83. The number of carbonyl (C=O) groups is 2. The van der Waals surface area contributed by atoms with Crippen molar-refractivity contribution in [3.8, 4) is 5.88 Å². The van der Waals surface area contributed by atoms with Crippen LogP contribution in [-0.4, -0.2) is 30.6 Å². The van der Waals surface area contributed by atoms with Gasteiger partial charge in [-0.3, -0.25) is 4.79 Å². The van der Waals surface area contributed by atoms with Gasteiger partial charge in [0.25, 0.3) is 5.91 Å². The molecule has 0 fully saturated rings. The third kappa shape index (κ3) is 3.85. The quantitative estimate of drug-likeness (QED) is 0.859. The largest absolute Gasteiger partial charge is 0.477 e. The molecule has 0 aliphatic rings. The molecule has 1 N–H and O–H groups in total. The predicted molar refractivity (Wildman–Crippen MR) is 85.9 cm³/mol. The lowest BCUT2D eigenvalue weighted by molar-refractivity contribution is 0.0600. The zero-order chi connectivity index (χ0) is 16.8. The number of anilines is 1. The van der Waals surface area contributed by atoms with Gasteiger partial charge in [0.15, 0.2) is 0 Å². The Kier molecular flexibility index (Phi) is 5.30. The third-order valence-corrected chi connectivity index (χ3v) is 3.19. The molecular formula is C17H18N2O4. The molecule has 0 saturated carbocycles. The van der Waals surface area contributed by atoms with Crippen molar-refractivity contribution >= 4 is 17.6 Å². The smallest absolute Gasteiger partial charge is 0.337 e. The highest BCUT2D eigenvalue weighted by Crippen LogP contribution is 2.20. The zero-order valence-corrected chi connectivity index (χ0v) is 13.3. The first-order valence-electron chi connectivity index (χ1n) is 7.15. The molecule has 0 aliphatic carbocycles. The summed E-state index contributed by atoms with van der Waals surface area (Å²) in [5.74, 6) is -0.455. The van der Waals surface area contributed by atoms with E-state index >= 15 is 0 Å². The highest BCUT2D eigenvalue weighted by molar-refractivity contribution is 6.06. The Labute approximate surface area is 134 Å². The van der Waals surface area contributed by atoms with E-state index in [0.29, 0.717) is 23.4 Å². The Bertz CT molecular complexity index is 728. The maximum Gasteiger partial charge on any atom is 0.337 e. The van der Waals surface area contributed by atoms with Gasteiger partial charge in [0.05, 0.1) is 19.3 Å². The minimum absolute atomic E-state index is 0.288. The van der Waals surface area contributed by atoms with Crippen LogP contribution in [0, 0.1) is 6.92 Å². The van der Waals surface area contributed by atoms with Crippen molar-refractivity contribution in [1.82, 2.24) is 4.98 Å². The van der Waals surface area contributed by atoms with E-state index in [9.17, 15) is 9.59 Å². The first kappa shape index (κ1) is 16.5. The van der Waals surface area contributed by atoms with Crippen LogP contribution in [0.3, 0.4) is 0 Å². The molecule has 0 unspecified atom stereocenters. The fourth-order valence-corrected chi connectivity index (χ4v) is 2.05. The number of carbonyl (C=O) groups excluding carboxylic acids is 2. The first-order valence-corrected chi connectivity index (χ1v) is 7.15. The molecule has 1 aromatic carbocycles. The van der Waals surface area contributed by atoms with Gasteiger partial charge < -0.3 is 14.8 Å². The molecular weight excluding hydrogens is 296 g/mol. The summed E-state index contributed by atoms with van der Waals surface area (Å²) >= 11 is 0. The number of methoxy groups -OCH3 is 1. The van der Waals surface area contributed by atoms with Gasteiger partial charge in [0.2, 0.25) is 5.88 Å². The highest BCUT2D eigenvalue weighted by atomic mass is 16.5. The molecule has 6 nitrogen and oxygen atoms in total. The van der Waals surface area contributed by atoms with E-state index in [1.165, 1.54) is 7.11 Å². The molecule has 0 spiro atoms. The Hall–Kier alpha value is -2.89. The fourth-order valence-electron chi connectivity index (χ4n) is 2.05. The van der Waals surface area contributed by atoms with Gasteiger partial charge in [-0.05, 0) is 49.7 Å². The van der Waals surface area contributed by atoms with Crippen molar-refractivity contribution in [2.24, 2.45) is 0 Å². The number of ether oxygens (including phenoxy) is 2. The minimum atomic E-state index is -0.420. The van der Waals surface area contributed by atoms with Gasteiger partial charge >= 0.3 is 5.97 Å². The summed E-state index contributed by atoms with van der Waals surface area (Å²) in [6.45, 7) is 4.05. The molecule has 0 saturated heterocycles. The van der Waals surface area contributed by atoms with Crippen molar-refractivity contribution in [1.29, 1.82) is 0 Å². The summed E-state index contributed by atoms with van der Waals surface area (Å²) in [4.78, 5) is 28.0. The number of hydrogen-bond donors (Lipinski definition) is 1. The normalized spacial score (nSPS) is 10.0. The average Bonchev–Trinajstić information content (AvgIpc) is 2.56. The van der Waals surface area contributed by atoms with Crippen LogP contribution in [-0.2, 0) is 4.74 Å².